The van der Waals surface area contributed by atoms with Crippen LogP contribution in [0, 0.1) is 0 Å². The molecule has 4 rings (SSSR count). The van der Waals surface area contributed by atoms with Crippen LogP contribution in [0.3, 0.4) is 0 Å². The van der Waals surface area contributed by atoms with Crippen LogP contribution < -0.4 is 15.2 Å². The number of H-pyrrole nitrogens is 1. The van der Waals surface area contributed by atoms with Crippen LogP contribution in [0.1, 0.15) is 27.7 Å². The first kappa shape index (κ1) is 16.4. The van der Waals surface area contributed by atoms with Gasteiger partial charge in [0.1, 0.15) is 11.6 Å². The highest BCUT2D eigenvalue weighted by atomic mass is 32.1. The maximum atomic E-state index is 12.0. The molecule has 26 heavy (non-hydrogen) atoms. The van der Waals surface area contributed by atoms with Crippen molar-refractivity contribution in [2.24, 2.45) is 5.73 Å². The molecule has 1 aromatic heterocycles. The number of carbonyl (C=O) groups is 1. The number of esters is 1. The Balaban J connectivity index is 1.70. The van der Waals surface area contributed by atoms with E-state index in [1.54, 1.807) is 12.1 Å². The number of methoxy groups -OCH3 is 1. The van der Waals surface area contributed by atoms with Crippen LogP contribution in [0.2, 0.25) is 0 Å². The van der Waals surface area contributed by atoms with Crippen LogP contribution >= 0.6 is 12.2 Å². The van der Waals surface area contributed by atoms with Crippen molar-refractivity contribution in [3.05, 3.63) is 59.3 Å². The average molecular weight is 368 g/mol. The summed E-state index contributed by atoms with van der Waals surface area (Å²) in [4.78, 5) is 15.5. The predicted molar refractivity (Wildman–Crippen MR) is 101 cm³/mol. The minimum Gasteiger partial charge on any atom is -0.485 e. The summed E-state index contributed by atoms with van der Waals surface area (Å²) in [5.41, 5.74) is 8.39. The largest absolute Gasteiger partial charge is 0.485 e. The number of nitrogens with two attached hydrogens (primary N) is 1. The standard InChI is InChI=1S/C19H16N2O4S/c1-23-19(22)11-5-2-4-10-8-13(21-16(10)11)15-9-24-17-12(18(20)26)6-3-7-14(17)25-15/h2-8,15,21H,9H2,1H3,(H2,20,26). The third-order valence-corrected chi connectivity index (χ3v) is 4.54. The van der Waals surface area contributed by atoms with E-state index in [0.717, 1.165) is 11.1 Å². The maximum Gasteiger partial charge on any atom is 0.339 e. The molecule has 0 spiro atoms. The number of hydrogen-bond acceptors (Lipinski definition) is 5. The van der Waals surface area contributed by atoms with Crippen molar-refractivity contribution in [1.29, 1.82) is 0 Å². The Morgan fingerprint density at radius 1 is 1.27 bits per heavy atom. The molecular weight excluding hydrogens is 352 g/mol. The third-order valence-electron chi connectivity index (χ3n) is 4.32. The molecule has 0 fully saturated rings. The number of aromatic nitrogens is 1. The first-order chi connectivity index (χ1) is 12.6. The maximum absolute atomic E-state index is 12.0. The van der Waals surface area contributed by atoms with E-state index in [2.05, 4.69) is 4.98 Å². The van der Waals surface area contributed by atoms with Crippen molar-refractivity contribution < 1.29 is 19.0 Å². The van der Waals surface area contributed by atoms with Gasteiger partial charge < -0.3 is 24.9 Å². The zero-order valence-electron chi connectivity index (χ0n) is 13.9. The molecule has 1 unspecified atom stereocenters. The number of benzene rings is 2. The highest BCUT2D eigenvalue weighted by molar-refractivity contribution is 7.80. The van der Waals surface area contributed by atoms with Gasteiger partial charge in [-0.3, -0.25) is 0 Å². The topological polar surface area (TPSA) is 86.6 Å². The van der Waals surface area contributed by atoms with Gasteiger partial charge in [0.2, 0.25) is 0 Å². The summed E-state index contributed by atoms with van der Waals surface area (Å²) in [5.74, 6) is 0.747. The van der Waals surface area contributed by atoms with Crippen molar-refractivity contribution in [2.75, 3.05) is 13.7 Å². The lowest BCUT2D eigenvalue weighted by atomic mass is 10.1. The quantitative estimate of drug-likeness (QED) is 0.546. The first-order valence-electron chi connectivity index (χ1n) is 8.00. The monoisotopic (exact) mass is 368 g/mol. The number of para-hydroxylation sites is 2. The van der Waals surface area contributed by atoms with E-state index in [9.17, 15) is 4.79 Å². The number of hydrogen-bond donors (Lipinski definition) is 2. The molecule has 6 nitrogen and oxygen atoms in total. The molecule has 3 aromatic rings. The van der Waals surface area contributed by atoms with E-state index in [1.807, 2.05) is 30.3 Å². The third kappa shape index (κ3) is 2.66. The zero-order chi connectivity index (χ0) is 18.3. The van der Waals surface area contributed by atoms with Crippen molar-refractivity contribution in [1.82, 2.24) is 4.98 Å². The van der Waals surface area contributed by atoms with Gasteiger partial charge >= 0.3 is 5.97 Å². The molecular formula is C19H16N2O4S. The second-order valence-electron chi connectivity index (χ2n) is 5.90. The fourth-order valence-corrected chi connectivity index (χ4v) is 3.24. The van der Waals surface area contributed by atoms with Crippen LogP contribution in [0.4, 0.5) is 0 Å². The van der Waals surface area contributed by atoms with E-state index >= 15 is 0 Å². The van der Waals surface area contributed by atoms with Crippen LogP contribution in [0.5, 0.6) is 11.5 Å². The second kappa shape index (κ2) is 6.34. The van der Waals surface area contributed by atoms with Crippen molar-refractivity contribution >= 4 is 34.1 Å². The van der Waals surface area contributed by atoms with Crippen molar-refractivity contribution in [3.8, 4) is 11.5 Å². The molecule has 0 bridgehead atoms. The first-order valence-corrected chi connectivity index (χ1v) is 8.41. The summed E-state index contributed by atoms with van der Waals surface area (Å²) in [7, 11) is 1.36. The molecule has 0 amide bonds. The molecule has 0 aliphatic carbocycles. The number of thiocarbonyl (C=S) groups is 1. The lowest BCUT2D eigenvalue weighted by Crippen LogP contribution is -2.24. The number of aromatic amines is 1. The number of nitrogens with one attached hydrogen (secondary N) is 1. The van der Waals surface area contributed by atoms with Gasteiger partial charge in [-0.25, -0.2) is 4.79 Å². The minimum absolute atomic E-state index is 0.261. The van der Waals surface area contributed by atoms with Crippen molar-refractivity contribution in [3.63, 3.8) is 0 Å². The molecule has 132 valence electrons. The molecule has 2 aromatic carbocycles. The summed E-state index contributed by atoms with van der Waals surface area (Å²) < 4.78 is 16.8. The van der Waals surface area contributed by atoms with Gasteiger partial charge in [0.25, 0.3) is 0 Å². The van der Waals surface area contributed by atoms with Gasteiger partial charge in [-0.05, 0) is 24.3 Å². The normalized spacial score (nSPS) is 15.7. The summed E-state index contributed by atoms with van der Waals surface area (Å²) in [5, 5.41) is 0.897. The highest BCUT2D eigenvalue weighted by Gasteiger charge is 2.27. The minimum atomic E-state index is -0.392. The van der Waals surface area contributed by atoms with Crippen LogP contribution in [-0.2, 0) is 4.74 Å². The van der Waals surface area contributed by atoms with Gasteiger partial charge in [-0.15, -0.1) is 0 Å². The van der Waals surface area contributed by atoms with Crippen LogP contribution in [0.15, 0.2) is 42.5 Å². The van der Waals surface area contributed by atoms with E-state index in [1.165, 1.54) is 7.11 Å². The van der Waals surface area contributed by atoms with Crippen LogP contribution in [-0.4, -0.2) is 29.7 Å². The zero-order valence-corrected chi connectivity index (χ0v) is 14.8. The molecule has 0 saturated heterocycles. The molecule has 1 aliphatic rings. The van der Waals surface area contributed by atoms with Gasteiger partial charge in [-0.2, -0.15) is 0 Å². The highest BCUT2D eigenvalue weighted by Crippen LogP contribution is 2.39. The van der Waals surface area contributed by atoms with E-state index in [0.29, 0.717) is 34.7 Å². The van der Waals surface area contributed by atoms with Gasteiger partial charge in [0, 0.05) is 5.39 Å². The fourth-order valence-electron chi connectivity index (χ4n) is 3.08. The number of ether oxygens (including phenoxy) is 3. The Bertz CT molecular complexity index is 1030. The second-order valence-corrected chi connectivity index (χ2v) is 6.34. The van der Waals surface area contributed by atoms with E-state index in [-0.39, 0.29) is 11.1 Å². The van der Waals surface area contributed by atoms with Crippen molar-refractivity contribution in [2.45, 2.75) is 6.10 Å². The Labute approximate surface area is 154 Å². The number of carbonyl (C=O) groups excluding carboxylic acids is 1. The molecule has 7 heteroatoms. The summed E-state index contributed by atoms with van der Waals surface area (Å²) in [6.45, 7) is 0.299. The van der Waals surface area contributed by atoms with Crippen LogP contribution in [0.25, 0.3) is 10.9 Å². The molecule has 0 saturated carbocycles. The fraction of sp³-hybridized carbons (Fsp3) is 0.158. The Morgan fingerprint density at radius 2 is 2.04 bits per heavy atom. The summed E-state index contributed by atoms with van der Waals surface area (Å²) in [6.07, 6.45) is -0.345. The van der Waals surface area contributed by atoms with Gasteiger partial charge in [0.05, 0.1) is 29.4 Å². The van der Waals surface area contributed by atoms with E-state index in [4.69, 9.17) is 32.2 Å². The summed E-state index contributed by atoms with van der Waals surface area (Å²) in [6, 6.07) is 12.8. The molecule has 1 aliphatic heterocycles. The Morgan fingerprint density at radius 3 is 2.81 bits per heavy atom. The molecule has 3 N–H and O–H groups in total. The van der Waals surface area contributed by atoms with Gasteiger partial charge in [0.15, 0.2) is 17.6 Å². The van der Waals surface area contributed by atoms with E-state index < -0.39 is 5.97 Å². The number of rotatable bonds is 3. The van der Waals surface area contributed by atoms with Gasteiger partial charge in [-0.1, -0.05) is 30.4 Å². The molecule has 2 heterocycles. The summed E-state index contributed by atoms with van der Waals surface area (Å²) >= 11 is 5.06. The Kier molecular flexibility index (Phi) is 4.00. The average Bonchev–Trinajstić information content (AvgIpc) is 3.10. The lowest BCUT2D eigenvalue weighted by Gasteiger charge is -2.27. The molecule has 0 radical (unpaired) electrons. The predicted octanol–water partition coefficient (Wildman–Crippen LogP) is 3.10. The number of fused-ring (bicyclic) bond motifs is 2. The lowest BCUT2D eigenvalue weighted by molar-refractivity contribution is 0.0602. The SMILES string of the molecule is COC(=O)c1cccc2cc(C3COc4c(cccc4C(N)=S)O3)[nH]c12. The molecule has 1 atom stereocenters. The smallest absolute Gasteiger partial charge is 0.339 e. The Hall–Kier alpha value is -3.06.